The van der Waals surface area contributed by atoms with Gasteiger partial charge in [0.25, 0.3) is 0 Å². The van der Waals surface area contributed by atoms with Gasteiger partial charge in [0, 0.05) is 44.1 Å². The molecule has 2 fully saturated rings. The van der Waals surface area contributed by atoms with Gasteiger partial charge in [-0.15, -0.1) is 24.8 Å². The van der Waals surface area contributed by atoms with Crippen LogP contribution in [-0.2, 0) is 11.2 Å². The fourth-order valence-electron chi connectivity index (χ4n) is 4.93. The van der Waals surface area contributed by atoms with E-state index in [-0.39, 0.29) is 54.8 Å². The van der Waals surface area contributed by atoms with Gasteiger partial charge < -0.3 is 20.1 Å². The van der Waals surface area contributed by atoms with Crippen LogP contribution in [0.3, 0.4) is 0 Å². The Hall–Kier alpha value is -1.28. The molecule has 29 heavy (non-hydrogen) atoms. The lowest BCUT2D eigenvalue weighted by Gasteiger charge is -2.48. The summed E-state index contributed by atoms with van der Waals surface area (Å²) in [5, 5.41) is 0. The molecule has 2 saturated heterocycles. The van der Waals surface area contributed by atoms with E-state index in [9.17, 15) is 9.18 Å². The van der Waals surface area contributed by atoms with Gasteiger partial charge in [0.1, 0.15) is 0 Å². The summed E-state index contributed by atoms with van der Waals surface area (Å²) in [6.45, 7) is 1.72. The van der Waals surface area contributed by atoms with Crippen molar-refractivity contribution in [1.82, 2.24) is 9.80 Å². The predicted molar refractivity (Wildman–Crippen MR) is 114 cm³/mol. The lowest BCUT2D eigenvalue weighted by molar-refractivity contribution is -0.131. The lowest BCUT2D eigenvalue weighted by Crippen LogP contribution is -2.60. The van der Waals surface area contributed by atoms with Gasteiger partial charge in [-0.3, -0.25) is 14.1 Å². The van der Waals surface area contributed by atoms with Crippen molar-refractivity contribution in [1.29, 1.82) is 0 Å². The maximum Gasteiger partial charge on any atom is 0.223 e. The van der Waals surface area contributed by atoms with Crippen LogP contribution in [0.1, 0.15) is 30.0 Å². The van der Waals surface area contributed by atoms with Crippen LogP contribution in [0.5, 0.6) is 11.5 Å². The summed E-state index contributed by atoms with van der Waals surface area (Å²) >= 11 is 0. The Balaban J connectivity index is 0.00000150. The lowest BCUT2D eigenvalue weighted by atomic mass is 9.83. The third-order valence-corrected chi connectivity index (χ3v) is 6.38. The van der Waals surface area contributed by atoms with Gasteiger partial charge in [-0.25, -0.2) is 0 Å². The molecule has 4 rings (SSSR count). The van der Waals surface area contributed by atoms with Crippen molar-refractivity contribution in [3.63, 3.8) is 0 Å². The predicted octanol–water partition coefficient (Wildman–Crippen LogP) is 2.36. The zero-order valence-electron chi connectivity index (χ0n) is 16.8. The minimum atomic E-state index is -0.439. The van der Waals surface area contributed by atoms with Crippen LogP contribution in [0.4, 0.5) is 4.39 Å². The van der Waals surface area contributed by atoms with Gasteiger partial charge >= 0.3 is 0 Å². The second-order valence-corrected chi connectivity index (χ2v) is 7.90. The number of benzene rings is 1. The summed E-state index contributed by atoms with van der Waals surface area (Å²) in [4.78, 5) is 16.6. The summed E-state index contributed by atoms with van der Waals surface area (Å²) in [6, 6.07) is 4.20. The molecule has 1 amide bonds. The van der Waals surface area contributed by atoms with E-state index in [0.717, 1.165) is 37.4 Å². The summed E-state index contributed by atoms with van der Waals surface area (Å²) < 4.78 is 24.0. The Kier molecular flexibility index (Phi) is 8.01. The molecule has 1 aromatic carbocycles. The van der Waals surface area contributed by atoms with Crippen LogP contribution >= 0.6 is 24.8 Å². The largest absolute Gasteiger partial charge is 0.493 e. The van der Waals surface area contributed by atoms with Gasteiger partial charge in [0.2, 0.25) is 5.91 Å². The van der Waals surface area contributed by atoms with Crippen molar-refractivity contribution < 1.29 is 18.7 Å². The van der Waals surface area contributed by atoms with Crippen LogP contribution in [0.15, 0.2) is 12.1 Å². The fraction of sp³-hybridized carbons (Fsp3) is 0.650. The second kappa shape index (κ2) is 9.69. The van der Waals surface area contributed by atoms with E-state index < -0.39 is 6.67 Å². The highest BCUT2D eigenvalue weighted by molar-refractivity contribution is 5.85. The van der Waals surface area contributed by atoms with Gasteiger partial charge in [-0.05, 0) is 36.1 Å². The van der Waals surface area contributed by atoms with Crippen molar-refractivity contribution in [2.75, 3.05) is 40.5 Å². The molecule has 164 valence electrons. The van der Waals surface area contributed by atoms with Gasteiger partial charge in [-0.1, -0.05) is 0 Å². The van der Waals surface area contributed by atoms with Gasteiger partial charge in [-0.2, -0.15) is 0 Å². The first-order chi connectivity index (χ1) is 13.0. The molecule has 4 atom stereocenters. The maximum absolute atomic E-state index is 13.0. The molecular weight excluding hydrogens is 420 g/mol. The zero-order chi connectivity index (χ0) is 19.1. The Morgan fingerprint density at radius 1 is 1.17 bits per heavy atom. The van der Waals surface area contributed by atoms with E-state index in [0.29, 0.717) is 13.0 Å². The van der Waals surface area contributed by atoms with Crippen molar-refractivity contribution >= 4 is 30.7 Å². The normalized spacial score (nSPS) is 28.7. The number of rotatable bonds is 4. The molecule has 6 nitrogen and oxygen atoms in total. The molecule has 3 heterocycles. The van der Waals surface area contributed by atoms with Crippen LogP contribution < -0.4 is 15.2 Å². The number of halogens is 3. The van der Waals surface area contributed by atoms with E-state index in [1.54, 1.807) is 14.2 Å². The number of nitrogens with two attached hydrogens (primary N) is 1. The number of amides is 1. The molecule has 0 aliphatic carbocycles. The summed E-state index contributed by atoms with van der Waals surface area (Å²) in [5.41, 5.74) is 9.04. The highest BCUT2D eigenvalue weighted by atomic mass is 35.5. The molecule has 0 aromatic heterocycles. The Labute approximate surface area is 183 Å². The molecule has 0 saturated carbocycles. The van der Waals surface area contributed by atoms with Crippen LogP contribution in [-0.4, -0.2) is 68.3 Å². The Morgan fingerprint density at radius 3 is 2.48 bits per heavy atom. The third kappa shape index (κ3) is 4.29. The van der Waals surface area contributed by atoms with Crippen LogP contribution in [0, 0.1) is 5.92 Å². The Bertz CT molecular complexity index is 739. The number of hydrogen-bond acceptors (Lipinski definition) is 5. The van der Waals surface area contributed by atoms with E-state index in [4.69, 9.17) is 15.2 Å². The summed E-state index contributed by atoms with van der Waals surface area (Å²) in [7, 11) is 3.30. The first-order valence-corrected chi connectivity index (χ1v) is 9.65. The van der Waals surface area contributed by atoms with Crippen molar-refractivity contribution in [2.45, 2.75) is 37.4 Å². The fourth-order valence-corrected chi connectivity index (χ4v) is 4.93. The molecule has 3 aliphatic heterocycles. The third-order valence-electron chi connectivity index (χ3n) is 6.38. The molecule has 0 spiro atoms. The smallest absolute Gasteiger partial charge is 0.223 e. The number of likely N-dealkylation sites (tertiary alicyclic amines) is 1. The topological polar surface area (TPSA) is 68.0 Å². The number of nitrogens with zero attached hydrogens (tertiary/aromatic N) is 2. The minimum absolute atomic E-state index is 0. The van der Waals surface area contributed by atoms with Crippen molar-refractivity contribution in [3.05, 3.63) is 23.3 Å². The van der Waals surface area contributed by atoms with E-state index in [1.165, 1.54) is 11.1 Å². The number of fused-ring (bicyclic) bond motifs is 3. The monoisotopic (exact) mass is 449 g/mol. The number of alkyl halides is 1. The van der Waals surface area contributed by atoms with E-state index in [1.807, 2.05) is 4.90 Å². The van der Waals surface area contributed by atoms with Gasteiger partial charge in [0.05, 0.1) is 26.9 Å². The average Bonchev–Trinajstić information content (AvgIpc) is 3.06. The maximum atomic E-state index is 13.0. The number of carbonyl (C=O) groups is 1. The zero-order valence-corrected chi connectivity index (χ0v) is 18.4. The minimum Gasteiger partial charge on any atom is -0.493 e. The number of hydrogen-bond donors (Lipinski definition) is 1. The van der Waals surface area contributed by atoms with Crippen LogP contribution in [0.25, 0.3) is 0 Å². The van der Waals surface area contributed by atoms with Crippen LogP contribution in [0.2, 0.25) is 0 Å². The summed E-state index contributed by atoms with van der Waals surface area (Å²) in [5.74, 6) is 1.35. The summed E-state index contributed by atoms with van der Waals surface area (Å²) in [6.07, 6.45) is 2.01. The average molecular weight is 450 g/mol. The molecular formula is C20H30Cl2FN3O3. The molecule has 0 bridgehead atoms. The number of ether oxygens (including phenoxy) is 2. The number of piperidine rings is 1. The molecule has 1 unspecified atom stereocenters. The SMILES string of the molecule is COc1cc2c(cc1OC)C1C[C@H](N)[C@@H](N3C[C@@H](CF)CC3=O)CN1CC2.Cl.Cl. The van der Waals surface area contributed by atoms with Crippen molar-refractivity contribution in [3.8, 4) is 11.5 Å². The number of methoxy groups -OCH3 is 2. The van der Waals surface area contributed by atoms with E-state index >= 15 is 0 Å². The molecule has 3 aliphatic rings. The first-order valence-electron chi connectivity index (χ1n) is 9.65. The van der Waals surface area contributed by atoms with Gasteiger partial charge in [0.15, 0.2) is 11.5 Å². The molecule has 9 heteroatoms. The van der Waals surface area contributed by atoms with E-state index in [2.05, 4.69) is 17.0 Å². The Morgan fingerprint density at radius 2 is 1.86 bits per heavy atom. The highest BCUT2D eigenvalue weighted by Crippen LogP contribution is 2.42. The molecule has 2 N–H and O–H groups in total. The second-order valence-electron chi connectivity index (χ2n) is 7.90. The molecule has 0 radical (unpaired) electrons. The molecule has 1 aromatic rings. The highest BCUT2D eigenvalue weighted by Gasteiger charge is 2.44. The first kappa shape index (κ1) is 24.0. The van der Waals surface area contributed by atoms with Crippen molar-refractivity contribution in [2.24, 2.45) is 11.7 Å². The number of carbonyl (C=O) groups excluding carboxylic acids is 1. The quantitative estimate of drug-likeness (QED) is 0.763. The standard InChI is InChI=1S/C20H28FN3O3.2ClH/c1-26-18-6-13-3-4-23-11-17(24-10-12(9-21)5-20(24)25)15(22)8-16(23)14(13)7-19(18)27-2;;/h6-7,12,15-17H,3-5,8-11,22H2,1-2H3;2*1H/t12-,15+,16?,17+;;/m1../s1.